The molecule has 100 valence electrons. The van der Waals surface area contributed by atoms with E-state index in [1.807, 2.05) is 18.3 Å². The summed E-state index contributed by atoms with van der Waals surface area (Å²) in [5.41, 5.74) is 9.12. The van der Waals surface area contributed by atoms with Crippen molar-refractivity contribution >= 4 is 22.3 Å². The number of rotatable bonds is 2. The summed E-state index contributed by atoms with van der Waals surface area (Å²) in [7, 11) is 0. The van der Waals surface area contributed by atoms with Crippen molar-refractivity contribution in [2.45, 2.75) is 20.3 Å². The lowest BCUT2D eigenvalue weighted by atomic mass is 9.95. The minimum Gasteiger partial charge on any atom is -0.398 e. The third kappa shape index (κ3) is 2.14. The molecule has 1 fully saturated rings. The van der Waals surface area contributed by atoms with Crippen molar-refractivity contribution in [1.29, 1.82) is 0 Å². The van der Waals surface area contributed by atoms with Crippen LogP contribution in [-0.4, -0.2) is 18.1 Å². The Kier molecular flexibility index (Phi) is 3.05. The van der Waals surface area contributed by atoms with Crippen LogP contribution in [0.3, 0.4) is 0 Å². The van der Waals surface area contributed by atoms with Gasteiger partial charge in [-0.05, 0) is 42.5 Å². The van der Waals surface area contributed by atoms with E-state index >= 15 is 0 Å². The van der Waals surface area contributed by atoms with E-state index in [2.05, 4.69) is 35.9 Å². The first kappa shape index (κ1) is 12.3. The molecule has 3 nitrogen and oxygen atoms in total. The molecule has 0 radical (unpaired) electrons. The summed E-state index contributed by atoms with van der Waals surface area (Å²) in [6.07, 6.45) is 3.12. The molecule has 1 saturated heterocycles. The molecule has 1 unspecified atom stereocenters. The molecule has 1 aromatic carbocycles. The van der Waals surface area contributed by atoms with Crippen molar-refractivity contribution in [3.63, 3.8) is 0 Å². The molecule has 0 bridgehead atoms. The third-order valence-electron chi connectivity index (χ3n) is 4.29. The first-order chi connectivity index (χ1) is 9.16. The van der Waals surface area contributed by atoms with Crippen LogP contribution in [0.1, 0.15) is 20.3 Å². The number of aromatic nitrogens is 1. The van der Waals surface area contributed by atoms with Crippen LogP contribution in [0.15, 0.2) is 30.5 Å². The molecule has 19 heavy (non-hydrogen) atoms. The third-order valence-corrected chi connectivity index (χ3v) is 4.29. The number of hydrogen-bond donors (Lipinski definition) is 1. The highest BCUT2D eigenvalue weighted by molar-refractivity contribution is 5.98. The van der Waals surface area contributed by atoms with E-state index in [-0.39, 0.29) is 0 Å². The highest BCUT2D eigenvalue weighted by Crippen LogP contribution is 2.34. The number of nitrogens with zero attached hydrogens (tertiary/aromatic N) is 2. The Morgan fingerprint density at radius 2 is 2.16 bits per heavy atom. The number of pyridine rings is 1. The highest BCUT2D eigenvalue weighted by Gasteiger charge is 2.26. The van der Waals surface area contributed by atoms with Crippen LogP contribution < -0.4 is 10.6 Å². The lowest BCUT2D eigenvalue weighted by Crippen LogP contribution is -2.21. The molecule has 1 aromatic heterocycles. The molecule has 0 aliphatic carbocycles. The molecular formula is C16H21N3. The van der Waals surface area contributed by atoms with Gasteiger partial charge in [0.25, 0.3) is 0 Å². The van der Waals surface area contributed by atoms with Gasteiger partial charge in [0.15, 0.2) is 0 Å². The first-order valence-electron chi connectivity index (χ1n) is 7.05. The minimum absolute atomic E-state index is 0.748. The second-order valence-corrected chi connectivity index (χ2v) is 5.81. The maximum atomic E-state index is 6.04. The van der Waals surface area contributed by atoms with E-state index in [0.29, 0.717) is 0 Å². The van der Waals surface area contributed by atoms with Crippen LogP contribution in [0.2, 0.25) is 0 Å². The van der Waals surface area contributed by atoms with Crippen molar-refractivity contribution in [2.75, 3.05) is 23.7 Å². The topological polar surface area (TPSA) is 42.1 Å². The summed E-state index contributed by atoms with van der Waals surface area (Å²) in [6, 6.07) is 8.12. The van der Waals surface area contributed by atoms with Gasteiger partial charge in [0.2, 0.25) is 0 Å². The summed E-state index contributed by atoms with van der Waals surface area (Å²) in [4.78, 5) is 6.99. The Bertz CT molecular complexity index is 592. The van der Waals surface area contributed by atoms with E-state index in [0.717, 1.165) is 41.5 Å². The fourth-order valence-corrected chi connectivity index (χ4v) is 2.99. The van der Waals surface area contributed by atoms with Crippen LogP contribution in [0, 0.1) is 11.8 Å². The zero-order chi connectivity index (χ0) is 13.4. The molecule has 1 atom stereocenters. The predicted molar refractivity (Wildman–Crippen MR) is 81.3 cm³/mol. The molecule has 3 rings (SSSR count). The Labute approximate surface area is 114 Å². The lowest BCUT2D eigenvalue weighted by Gasteiger charge is -2.21. The highest BCUT2D eigenvalue weighted by atomic mass is 15.2. The molecule has 0 spiro atoms. The molecule has 2 aromatic rings. The average molecular weight is 255 g/mol. The van der Waals surface area contributed by atoms with Crippen LogP contribution in [-0.2, 0) is 0 Å². The molecule has 0 saturated carbocycles. The van der Waals surface area contributed by atoms with Crippen molar-refractivity contribution < 1.29 is 0 Å². The van der Waals surface area contributed by atoms with Crippen LogP contribution >= 0.6 is 0 Å². The van der Waals surface area contributed by atoms with E-state index in [9.17, 15) is 0 Å². The predicted octanol–water partition coefficient (Wildman–Crippen LogP) is 3.30. The molecule has 2 N–H and O–H groups in total. The maximum Gasteiger partial charge on any atom is 0.0955 e. The number of fused-ring (bicyclic) bond motifs is 1. The van der Waals surface area contributed by atoms with Crippen LogP contribution in [0.25, 0.3) is 10.9 Å². The summed E-state index contributed by atoms with van der Waals surface area (Å²) in [5.74, 6) is 1.54. The fraction of sp³-hybridized carbons (Fsp3) is 0.438. The van der Waals surface area contributed by atoms with E-state index in [1.54, 1.807) is 0 Å². The monoisotopic (exact) mass is 255 g/mol. The Hall–Kier alpha value is -1.77. The van der Waals surface area contributed by atoms with Crippen molar-refractivity contribution in [2.24, 2.45) is 11.8 Å². The van der Waals surface area contributed by atoms with Gasteiger partial charge >= 0.3 is 0 Å². The van der Waals surface area contributed by atoms with Gasteiger partial charge in [-0.15, -0.1) is 0 Å². The normalized spacial score (nSPS) is 19.5. The fourth-order valence-electron chi connectivity index (χ4n) is 2.99. The molecule has 2 heterocycles. The maximum absolute atomic E-state index is 6.04. The standard InChI is InChI=1S/C16H21N3/c1-11(2)12-7-9-19(10-12)15-6-5-14(17)13-4-3-8-18-16(13)15/h3-6,8,11-12H,7,9-10,17H2,1-2H3. The molecule has 1 aliphatic heterocycles. The number of anilines is 2. The number of nitrogens with two attached hydrogens (primary N) is 1. The van der Waals surface area contributed by atoms with Crippen molar-refractivity contribution in [3.8, 4) is 0 Å². The second kappa shape index (κ2) is 4.72. The van der Waals surface area contributed by atoms with Gasteiger partial charge in [-0.1, -0.05) is 13.8 Å². The number of hydrogen-bond acceptors (Lipinski definition) is 3. The molecule has 0 amide bonds. The van der Waals surface area contributed by atoms with E-state index in [1.165, 1.54) is 12.1 Å². The zero-order valence-corrected chi connectivity index (χ0v) is 11.6. The molecular weight excluding hydrogens is 234 g/mol. The van der Waals surface area contributed by atoms with Gasteiger partial charge in [0.05, 0.1) is 11.2 Å². The summed E-state index contributed by atoms with van der Waals surface area (Å²) < 4.78 is 0. The Morgan fingerprint density at radius 3 is 2.89 bits per heavy atom. The van der Waals surface area contributed by atoms with Crippen molar-refractivity contribution in [3.05, 3.63) is 30.5 Å². The SMILES string of the molecule is CC(C)C1CCN(c2ccc(N)c3cccnc23)C1. The van der Waals surface area contributed by atoms with E-state index in [4.69, 9.17) is 5.73 Å². The molecule has 3 heteroatoms. The van der Waals surface area contributed by atoms with Gasteiger partial charge in [-0.3, -0.25) is 4.98 Å². The van der Waals surface area contributed by atoms with Gasteiger partial charge in [-0.2, -0.15) is 0 Å². The summed E-state index contributed by atoms with van der Waals surface area (Å²) in [6.45, 7) is 6.88. The minimum atomic E-state index is 0.748. The molecule has 1 aliphatic rings. The lowest BCUT2D eigenvalue weighted by molar-refractivity contribution is 0.423. The van der Waals surface area contributed by atoms with Gasteiger partial charge in [0.1, 0.15) is 0 Å². The first-order valence-corrected chi connectivity index (χ1v) is 7.05. The second-order valence-electron chi connectivity index (χ2n) is 5.81. The smallest absolute Gasteiger partial charge is 0.0955 e. The zero-order valence-electron chi connectivity index (χ0n) is 11.6. The van der Waals surface area contributed by atoms with Gasteiger partial charge in [0, 0.05) is 30.4 Å². The summed E-state index contributed by atoms with van der Waals surface area (Å²) >= 11 is 0. The van der Waals surface area contributed by atoms with E-state index < -0.39 is 0 Å². The number of nitrogen functional groups attached to an aromatic ring is 1. The summed E-state index contributed by atoms with van der Waals surface area (Å²) in [5, 5.41) is 1.06. The van der Waals surface area contributed by atoms with Crippen LogP contribution in [0.5, 0.6) is 0 Å². The van der Waals surface area contributed by atoms with Gasteiger partial charge < -0.3 is 10.6 Å². The largest absolute Gasteiger partial charge is 0.398 e. The quantitative estimate of drug-likeness (QED) is 0.837. The average Bonchev–Trinajstić information content (AvgIpc) is 2.89. The number of benzene rings is 1. The van der Waals surface area contributed by atoms with Crippen LogP contribution in [0.4, 0.5) is 11.4 Å². The Balaban J connectivity index is 2.00. The Morgan fingerprint density at radius 1 is 1.32 bits per heavy atom. The van der Waals surface area contributed by atoms with Gasteiger partial charge in [-0.25, -0.2) is 0 Å². The van der Waals surface area contributed by atoms with Crippen molar-refractivity contribution in [1.82, 2.24) is 4.98 Å².